The maximum absolute atomic E-state index is 6.08. The minimum Gasteiger partial charge on any atom is -0.457 e. The molecule has 0 amide bonds. The Morgan fingerprint density at radius 1 is 0.931 bits per heavy atom. The van der Waals surface area contributed by atoms with Crippen LogP contribution >= 0.6 is 0 Å². The fourth-order valence-electron chi connectivity index (χ4n) is 3.19. The van der Waals surface area contributed by atoms with Gasteiger partial charge in [0.1, 0.15) is 35.2 Å². The number of rotatable bonds is 4. The standard InChI is InChI=1S/C21H17N7O/c1-13-7-14(27-21-20-17(23-11-25-21)9-22-10-24-20)3-6-19(13)29-15-4-5-18-16(8-15)26-12-28(18)2/h3-12H,1-2H3,(H,23,25,27). The maximum Gasteiger partial charge on any atom is 0.160 e. The highest BCUT2D eigenvalue weighted by Crippen LogP contribution is 2.30. The number of imidazole rings is 1. The van der Waals surface area contributed by atoms with Gasteiger partial charge >= 0.3 is 0 Å². The van der Waals surface area contributed by atoms with E-state index in [1.54, 1.807) is 12.5 Å². The predicted molar refractivity (Wildman–Crippen MR) is 110 cm³/mol. The molecule has 0 aliphatic rings. The second-order valence-corrected chi connectivity index (χ2v) is 6.69. The quantitative estimate of drug-likeness (QED) is 0.498. The Morgan fingerprint density at radius 2 is 1.86 bits per heavy atom. The van der Waals surface area contributed by atoms with Gasteiger partial charge in [0.05, 0.1) is 23.6 Å². The van der Waals surface area contributed by atoms with Crippen LogP contribution in [0.2, 0.25) is 0 Å². The van der Waals surface area contributed by atoms with E-state index in [9.17, 15) is 0 Å². The topological polar surface area (TPSA) is 90.6 Å². The second kappa shape index (κ2) is 6.83. The Balaban J connectivity index is 1.40. The van der Waals surface area contributed by atoms with E-state index >= 15 is 0 Å². The smallest absolute Gasteiger partial charge is 0.160 e. The van der Waals surface area contributed by atoms with E-state index < -0.39 is 0 Å². The number of ether oxygens (including phenoxy) is 1. The van der Waals surface area contributed by atoms with Gasteiger partial charge < -0.3 is 14.6 Å². The first-order valence-corrected chi connectivity index (χ1v) is 9.05. The molecule has 0 atom stereocenters. The van der Waals surface area contributed by atoms with E-state index in [2.05, 4.69) is 30.2 Å². The first-order chi connectivity index (χ1) is 14.2. The van der Waals surface area contributed by atoms with Crippen molar-refractivity contribution in [2.45, 2.75) is 6.92 Å². The van der Waals surface area contributed by atoms with Crippen molar-refractivity contribution >= 4 is 33.6 Å². The molecule has 0 aliphatic heterocycles. The third-order valence-electron chi connectivity index (χ3n) is 4.66. The van der Waals surface area contributed by atoms with Gasteiger partial charge in [-0.25, -0.2) is 24.9 Å². The average Bonchev–Trinajstić information content (AvgIpc) is 3.10. The lowest BCUT2D eigenvalue weighted by atomic mass is 10.2. The van der Waals surface area contributed by atoms with E-state index in [1.165, 1.54) is 12.7 Å². The molecule has 0 radical (unpaired) electrons. The lowest BCUT2D eigenvalue weighted by Crippen LogP contribution is -1.98. The van der Waals surface area contributed by atoms with E-state index in [-0.39, 0.29) is 0 Å². The molecule has 3 heterocycles. The number of nitrogens with one attached hydrogen (secondary N) is 1. The fourth-order valence-corrected chi connectivity index (χ4v) is 3.19. The molecular formula is C21H17N7O. The Labute approximate surface area is 166 Å². The van der Waals surface area contributed by atoms with Gasteiger partial charge in [0.15, 0.2) is 5.82 Å². The molecule has 8 heteroatoms. The van der Waals surface area contributed by atoms with Gasteiger partial charge in [0, 0.05) is 18.8 Å². The molecule has 0 spiro atoms. The van der Waals surface area contributed by atoms with Crippen molar-refractivity contribution in [2.75, 3.05) is 5.32 Å². The highest BCUT2D eigenvalue weighted by atomic mass is 16.5. The van der Waals surface area contributed by atoms with Crippen molar-refractivity contribution < 1.29 is 4.74 Å². The average molecular weight is 383 g/mol. The Bertz CT molecular complexity index is 1340. The van der Waals surface area contributed by atoms with E-state index in [1.807, 2.05) is 54.9 Å². The van der Waals surface area contributed by atoms with Crippen molar-refractivity contribution in [3.05, 3.63) is 67.1 Å². The predicted octanol–water partition coefficient (Wildman–Crippen LogP) is 4.15. The van der Waals surface area contributed by atoms with Gasteiger partial charge in [-0.05, 0) is 42.8 Å². The van der Waals surface area contributed by atoms with Crippen LogP contribution in [0.4, 0.5) is 11.5 Å². The number of anilines is 2. The number of nitrogens with zero attached hydrogens (tertiary/aromatic N) is 6. The first-order valence-electron chi connectivity index (χ1n) is 9.05. The lowest BCUT2D eigenvalue weighted by Gasteiger charge is -2.12. The number of benzene rings is 2. The molecule has 142 valence electrons. The molecule has 3 aromatic heterocycles. The van der Waals surface area contributed by atoms with Crippen LogP contribution in [0.25, 0.3) is 22.1 Å². The van der Waals surface area contributed by atoms with Gasteiger partial charge in [-0.2, -0.15) is 0 Å². The minimum absolute atomic E-state index is 0.631. The molecule has 0 aliphatic carbocycles. The second-order valence-electron chi connectivity index (χ2n) is 6.69. The molecule has 0 saturated heterocycles. The summed E-state index contributed by atoms with van der Waals surface area (Å²) in [6.07, 6.45) is 6.43. The molecular weight excluding hydrogens is 366 g/mol. The number of fused-ring (bicyclic) bond motifs is 2. The van der Waals surface area contributed by atoms with Crippen LogP contribution in [0.1, 0.15) is 5.56 Å². The minimum atomic E-state index is 0.631. The van der Waals surface area contributed by atoms with Gasteiger partial charge in [-0.1, -0.05) is 0 Å². The Kier molecular flexibility index (Phi) is 4.02. The van der Waals surface area contributed by atoms with E-state index in [4.69, 9.17) is 4.74 Å². The molecule has 0 saturated carbocycles. The molecule has 8 nitrogen and oxygen atoms in total. The van der Waals surface area contributed by atoms with E-state index in [0.717, 1.165) is 33.8 Å². The van der Waals surface area contributed by atoms with Crippen molar-refractivity contribution in [1.82, 2.24) is 29.5 Å². The fraction of sp³-hybridized carbons (Fsp3) is 0.0952. The molecule has 5 rings (SSSR count). The Hall–Kier alpha value is -4.07. The van der Waals surface area contributed by atoms with Crippen molar-refractivity contribution in [3.8, 4) is 11.5 Å². The summed E-state index contributed by atoms with van der Waals surface area (Å²) < 4.78 is 8.06. The van der Waals surface area contributed by atoms with Gasteiger partial charge in [-0.15, -0.1) is 0 Å². The van der Waals surface area contributed by atoms with Crippen molar-refractivity contribution in [1.29, 1.82) is 0 Å². The first kappa shape index (κ1) is 17.1. The zero-order valence-corrected chi connectivity index (χ0v) is 15.9. The summed E-state index contributed by atoms with van der Waals surface area (Å²) in [6, 6.07) is 11.8. The molecule has 0 unspecified atom stereocenters. The summed E-state index contributed by atoms with van der Waals surface area (Å²) in [5.74, 6) is 2.16. The van der Waals surface area contributed by atoms with Crippen molar-refractivity contribution in [2.24, 2.45) is 7.05 Å². The van der Waals surface area contributed by atoms with Crippen LogP contribution in [0.5, 0.6) is 11.5 Å². The summed E-state index contributed by atoms with van der Waals surface area (Å²) in [5.41, 5.74) is 5.20. The molecule has 0 fully saturated rings. The molecule has 29 heavy (non-hydrogen) atoms. The molecule has 2 aromatic carbocycles. The zero-order chi connectivity index (χ0) is 19.8. The van der Waals surface area contributed by atoms with Crippen LogP contribution in [0, 0.1) is 6.92 Å². The summed E-state index contributed by atoms with van der Waals surface area (Å²) in [4.78, 5) is 21.1. The zero-order valence-electron chi connectivity index (χ0n) is 15.9. The monoisotopic (exact) mass is 383 g/mol. The SMILES string of the molecule is Cc1cc(Nc2ncnc3cncnc23)ccc1Oc1ccc2c(c1)ncn2C. The highest BCUT2D eigenvalue weighted by molar-refractivity contribution is 5.86. The van der Waals surface area contributed by atoms with E-state index in [0.29, 0.717) is 16.9 Å². The molecule has 5 aromatic rings. The summed E-state index contributed by atoms with van der Waals surface area (Å²) in [5, 5.41) is 3.30. The van der Waals surface area contributed by atoms with Gasteiger partial charge in [0.25, 0.3) is 0 Å². The molecule has 0 bridgehead atoms. The van der Waals surface area contributed by atoms with Crippen LogP contribution in [-0.4, -0.2) is 29.5 Å². The van der Waals surface area contributed by atoms with Crippen molar-refractivity contribution in [3.63, 3.8) is 0 Å². The lowest BCUT2D eigenvalue weighted by molar-refractivity contribution is 0.479. The van der Waals surface area contributed by atoms with Crippen LogP contribution < -0.4 is 10.1 Å². The number of hydrogen-bond donors (Lipinski definition) is 1. The summed E-state index contributed by atoms with van der Waals surface area (Å²) >= 11 is 0. The number of hydrogen-bond acceptors (Lipinski definition) is 7. The number of aromatic nitrogens is 6. The van der Waals surface area contributed by atoms with Crippen LogP contribution in [0.3, 0.4) is 0 Å². The third-order valence-corrected chi connectivity index (χ3v) is 4.66. The number of aryl methyl sites for hydroxylation is 2. The molecule has 1 N–H and O–H groups in total. The normalized spacial score (nSPS) is 11.1. The van der Waals surface area contributed by atoms with Gasteiger partial charge in [0.2, 0.25) is 0 Å². The highest BCUT2D eigenvalue weighted by Gasteiger charge is 2.09. The summed E-state index contributed by atoms with van der Waals surface area (Å²) in [7, 11) is 1.97. The Morgan fingerprint density at radius 3 is 2.76 bits per heavy atom. The maximum atomic E-state index is 6.08. The van der Waals surface area contributed by atoms with Gasteiger partial charge in [-0.3, -0.25) is 0 Å². The third kappa shape index (κ3) is 3.20. The van der Waals surface area contributed by atoms with Crippen LogP contribution in [0.15, 0.2) is 61.6 Å². The van der Waals surface area contributed by atoms with Crippen LogP contribution in [-0.2, 0) is 7.05 Å². The summed E-state index contributed by atoms with van der Waals surface area (Å²) in [6.45, 7) is 2.00. The largest absolute Gasteiger partial charge is 0.457 e.